The molecule has 0 heterocycles. The van der Waals surface area contributed by atoms with E-state index >= 15 is 0 Å². The normalized spacial score (nSPS) is 16.3. The number of aliphatic hydroxyl groups excluding tert-OH is 1. The first-order valence-corrected chi connectivity index (χ1v) is 9.15. The lowest BCUT2D eigenvalue weighted by molar-refractivity contribution is -0.462. The zero-order valence-corrected chi connectivity index (χ0v) is 17.2. The Balaban J connectivity index is 3.50. The van der Waals surface area contributed by atoms with Crippen molar-refractivity contribution < 1.29 is 79.7 Å². The van der Waals surface area contributed by atoms with Gasteiger partial charge in [-0.05, 0) is 17.5 Å². The number of aryl methyl sites for hydroxylation is 1. The van der Waals surface area contributed by atoms with E-state index in [0.29, 0.717) is 12.0 Å². The van der Waals surface area contributed by atoms with Gasteiger partial charge in [-0.1, -0.05) is 31.2 Å². The summed E-state index contributed by atoms with van der Waals surface area (Å²) in [6.45, 7) is 1.58. The average molecular weight is 568 g/mol. The Morgan fingerprint density at radius 2 is 0.889 bits per heavy atom. The molecule has 0 aliphatic heterocycles. The quantitative estimate of drug-likeness (QED) is 0.287. The number of halogens is 17. The highest BCUT2D eigenvalue weighted by Gasteiger charge is 2.95. The van der Waals surface area contributed by atoms with Gasteiger partial charge in [0.25, 0.3) is 0 Å². The largest absolute Gasteiger partial charge is 0.460 e. The zero-order valence-electron chi connectivity index (χ0n) is 17.2. The molecule has 1 aromatic rings. The number of alkyl halides is 17. The van der Waals surface area contributed by atoms with E-state index in [-0.39, 0.29) is 0 Å². The summed E-state index contributed by atoms with van der Waals surface area (Å²) in [7, 11) is 0. The van der Waals surface area contributed by atoms with E-state index in [9.17, 15) is 79.7 Å². The molecule has 1 aromatic carbocycles. The fourth-order valence-electron chi connectivity index (χ4n) is 2.66. The Hall–Kier alpha value is -2.01. The van der Waals surface area contributed by atoms with Gasteiger partial charge in [-0.3, -0.25) is 0 Å². The molecule has 0 fully saturated rings. The molecule has 210 valence electrons. The lowest BCUT2D eigenvalue weighted by Crippen LogP contribution is -2.74. The Labute approximate surface area is 189 Å². The molecule has 18 heteroatoms. The van der Waals surface area contributed by atoms with Crippen molar-refractivity contribution in [2.75, 3.05) is 0 Å². The molecule has 1 atom stereocenters. The molecule has 0 radical (unpaired) electrons. The van der Waals surface area contributed by atoms with Crippen LogP contribution in [-0.2, 0) is 6.42 Å². The van der Waals surface area contributed by atoms with Crippen molar-refractivity contribution in [2.45, 2.75) is 73.5 Å². The minimum absolute atomic E-state index is 0.318. The van der Waals surface area contributed by atoms with Gasteiger partial charge in [-0.15, -0.1) is 0 Å². The van der Waals surface area contributed by atoms with Crippen molar-refractivity contribution in [2.24, 2.45) is 0 Å². The first kappa shape index (κ1) is 32.0. The molecule has 0 bridgehead atoms. The lowest BCUT2D eigenvalue weighted by atomic mass is 9.87. The third-order valence-corrected chi connectivity index (χ3v) is 5.01. The molecule has 1 nitrogen and oxygen atoms in total. The molecule has 0 amide bonds. The molecule has 1 rings (SSSR count). The summed E-state index contributed by atoms with van der Waals surface area (Å²) in [4.78, 5) is 0. The van der Waals surface area contributed by atoms with Gasteiger partial charge >= 0.3 is 47.6 Å². The van der Waals surface area contributed by atoms with Crippen molar-refractivity contribution in [3.63, 3.8) is 0 Å². The van der Waals surface area contributed by atoms with Gasteiger partial charge in [0.1, 0.15) is 0 Å². The van der Waals surface area contributed by atoms with E-state index < -0.39 is 65.7 Å². The van der Waals surface area contributed by atoms with Crippen LogP contribution in [0.1, 0.15) is 30.6 Å². The smallest absolute Gasteiger partial charge is 0.388 e. The second-order valence-electron chi connectivity index (χ2n) is 7.46. The molecule has 0 aliphatic carbocycles. The number of hydrogen-bond donors (Lipinski definition) is 1. The van der Waals surface area contributed by atoms with E-state index in [1.165, 1.54) is 0 Å². The summed E-state index contributed by atoms with van der Waals surface area (Å²) in [6, 6.07) is 3.80. The van der Waals surface area contributed by atoms with Crippen molar-refractivity contribution in [3.05, 3.63) is 35.4 Å². The number of hydrogen-bond acceptors (Lipinski definition) is 1. The highest BCUT2D eigenvalue weighted by Crippen LogP contribution is 2.64. The van der Waals surface area contributed by atoms with Crippen LogP contribution in [-0.4, -0.2) is 52.7 Å². The molecule has 36 heavy (non-hydrogen) atoms. The van der Waals surface area contributed by atoms with Crippen LogP contribution in [0.4, 0.5) is 74.6 Å². The summed E-state index contributed by atoms with van der Waals surface area (Å²) in [5.41, 5.74) is -0.243. The topological polar surface area (TPSA) is 20.2 Å². The molecule has 0 aliphatic rings. The number of benzene rings is 1. The van der Waals surface area contributed by atoms with E-state index in [1.54, 1.807) is 6.92 Å². The molecule has 0 spiro atoms. The van der Waals surface area contributed by atoms with Crippen LogP contribution in [0.25, 0.3) is 0 Å². The van der Waals surface area contributed by atoms with E-state index in [2.05, 4.69) is 0 Å². The molecule has 1 N–H and O–H groups in total. The molecule has 0 saturated carbocycles. The van der Waals surface area contributed by atoms with Crippen molar-refractivity contribution >= 4 is 0 Å². The molecule has 1 unspecified atom stereocenters. The van der Waals surface area contributed by atoms with Crippen LogP contribution < -0.4 is 0 Å². The maximum absolute atomic E-state index is 13.9. The van der Waals surface area contributed by atoms with Crippen molar-refractivity contribution in [3.8, 4) is 0 Å². The zero-order chi connectivity index (χ0) is 29.0. The van der Waals surface area contributed by atoms with E-state index in [1.807, 2.05) is 0 Å². The van der Waals surface area contributed by atoms with Gasteiger partial charge in [0.2, 0.25) is 0 Å². The van der Waals surface area contributed by atoms with E-state index in [0.717, 1.165) is 24.3 Å². The average Bonchev–Trinajstić information content (AvgIpc) is 2.71. The summed E-state index contributed by atoms with van der Waals surface area (Å²) in [5, 5.41) is 9.60. The van der Waals surface area contributed by atoms with Crippen LogP contribution in [0.5, 0.6) is 0 Å². The molecule has 0 aromatic heterocycles. The van der Waals surface area contributed by atoms with Gasteiger partial charge in [-0.2, -0.15) is 74.6 Å². The Morgan fingerprint density at radius 1 is 0.556 bits per heavy atom. The third kappa shape index (κ3) is 4.57. The lowest BCUT2D eigenvalue weighted by Gasteiger charge is -2.43. The second-order valence-corrected chi connectivity index (χ2v) is 7.46. The minimum Gasteiger partial charge on any atom is -0.388 e. The molecular weight excluding hydrogens is 555 g/mol. The Bertz CT molecular complexity index is 901. The first-order valence-electron chi connectivity index (χ1n) is 9.15. The number of aliphatic hydroxyl groups is 1. The maximum atomic E-state index is 13.9. The minimum atomic E-state index is -8.67. The molecule has 0 saturated heterocycles. The predicted octanol–water partition coefficient (Wildman–Crippen LogP) is 7.68. The van der Waals surface area contributed by atoms with Gasteiger partial charge < -0.3 is 5.11 Å². The molecular formula is C18H13F17O. The van der Waals surface area contributed by atoms with Gasteiger partial charge in [0.05, 0.1) is 6.10 Å². The second kappa shape index (κ2) is 9.08. The Kier molecular flexibility index (Phi) is 8.07. The van der Waals surface area contributed by atoms with Crippen LogP contribution in [0.15, 0.2) is 24.3 Å². The first-order chi connectivity index (χ1) is 15.7. The summed E-state index contributed by atoms with van der Waals surface area (Å²) in [6.07, 6.45) is -13.3. The Morgan fingerprint density at radius 3 is 1.22 bits per heavy atom. The fraction of sp³-hybridized carbons (Fsp3) is 0.667. The number of rotatable bonds is 10. The standard InChI is InChI=1S/C18H13F17O/c1-2-8-3-5-9(6-4-8)10(36)7-11(19,20)12(21,22)13(23,24)14(25,26)15(27,28)16(29,30)17(31,32)18(33,34)35/h3-6,10,36H,2,7H2,1H3. The summed E-state index contributed by atoms with van der Waals surface area (Å²) < 4.78 is 225. The van der Waals surface area contributed by atoms with Crippen molar-refractivity contribution in [1.29, 1.82) is 0 Å². The van der Waals surface area contributed by atoms with Crippen molar-refractivity contribution in [1.82, 2.24) is 0 Å². The van der Waals surface area contributed by atoms with Gasteiger partial charge in [0, 0.05) is 6.42 Å². The van der Waals surface area contributed by atoms with Gasteiger partial charge in [-0.25, -0.2) is 0 Å². The van der Waals surface area contributed by atoms with Crippen LogP contribution in [0.2, 0.25) is 0 Å². The van der Waals surface area contributed by atoms with Gasteiger partial charge in [0.15, 0.2) is 0 Å². The third-order valence-electron chi connectivity index (χ3n) is 5.01. The highest BCUT2D eigenvalue weighted by molar-refractivity contribution is 5.25. The van der Waals surface area contributed by atoms with Crippen LogP contribution in [0, 0.1) is 0 Å². The summed E-state index contributed by atoms with van der Waals surface area (Å²) >= 11 is 0. The monoisotopic (exact) mass is 568 g/mol. The highest BCUT2D eigenvalue weighted by atomic mass is 19.4. The predicted molar refractivity (Wildman–Crippen MR) is 86.1 cm³/mol. The van der Waals surface area contributed by atoms with Crippen LogP contribution >= 0.6 is 0 Å². The van der Waals surface area contributed by atoms with Crippen LogP contribution in [0.3, 0.4) is 0 Å². The van der Waals surface area contributed by atoms with E-state index in [4.69, 9.17) is 0 Å². The maximum Gasteiger partial charge on any atom is 0.460 e. The summed E-state index contributed by atoms with van der Waals surface area (Å²) in [5.74, 6) is -56.8. The fourth-order valence-corrected chi connectivity index (χ4v) is 2.66. The SMILES string of the molecule is CCc1ccc(C(O)CC(F)(F)C(F)(F)C(F)(F)C(F)(F)C(F)(F)C(F)(F)C(F)(F)C(F)(F)F)cc1.